The Hall–Kier alpha value is -1.45. The molecule has 3 unspecified atom stereocenters. The van der Waals surface area contributed by atoms with Gasteiger partial charge in [0, 0.05) is 18.8 Å². The molecule has 98 valence electrons. The summed E-state index contributed by atoms with van der Waals surface area (Å²) in [5, 5.41) is 3.20. The summed E-state index contributed by atoms with van der Waals surface area (Å²) in [6.07, 6.45) is 6.94. The molecule has 2 aliphatic carbocycles. The molecule has 0 aromatic carbocycles. The number of hydrogen-bond donors (Lipinski definition) is 2. The fraction of sp³-hybridized carbons (Fsp3) is 0.643. The van der Waals surface area contributed by atoms with E-state index >= 15 is 0 Å². The number of nitrogen functional groups attached to an aromatic ring is 1. The van der Waals surface area contributed by atoms with Crippen molar-refractivity contribution in [2.75, 3.05) is 5.73 Å². The molecule has 0 saturated heterocycles. The summed E-state index contributed by atoms with van der Waals surface area (Å²) in [4.78, 5) is 12.3. The Bertz CT molecular complexity index is 466. The molecule has 1 amide bonds. The van der Waals surface area contributed by atoms with E-state index in [1.807, 2.05) is 17.7 Å². The van der Waals surface area contributed by atoms with Crippen LogP contribution in [0.15, 0.2) is 12.3 Å². The molecule has 0 spiro atoms. The molecule has 1 aromatic heterocycles. The fourth-order valence-corrected chi connectivity index (χ4v) is 3.65. The number of aromatic nitrogens is 1. The van der Waals surface area contributed by atoms with E-state index in [9.17, 15) is 4.79 Å². The van der Waals surface area contributed by atoms with Gasteiger partial charge in [0.05, 0.1) is 5.69 Å². The van der Waals surface area contributed by atoms with Crippen molar-refractivity contribution in [1.82, 2.24) is 9.88 Å². The van der Waals surface area contributed by atoms with Gasteiger partial charge >= 0.3 is 0 Å². The number of rotatable bonds is 3. The molecule has 2 fully saturated rings. The lowest BCUT2D eigenvalue weighted by Crippen LogP contribution is -2.39. The van der Waals surface area contributed by atoms with Crippen LogP contribution in [-0.4, -0.2) is 16.5 Å². The minimum Gasteiger partial charge on any atom is -0.397 e. The summed E-state index contributed by atoms with van der Waals surface area (Å²) in [6, 6.07) is 2.16. The lowest BCUT2D eigenvalue weighted by Gasteiger charge is -2.23. The molecule has 4 nitrogen and oxygen atoms in total. The highest BCUT2D eigenvalue weighted by molar-refractivity contribution is 5.94. The maximum absolute atomic E-state index is 12.3. The average Bonchev–Trinajstić information content (AvgIpc) is 3.02. The molecule has 18 heavy (non-hydrogen) atoms. The first-order valence-corrected chi connectivity index (χ1v) is 6.94. The van der Waals surface area contributed by atoms with Gasteiger partial charge < -0.3 is 15.6 Å². The van der Waals surface area contributed by atoms with Crippen LogP contribution in [0.3, 0.4) is 0 Å². The summed E-state index contributed by atoms with van der Waals surface area (Å²) >= 11 is 0. The Morgan fingerprint density at radius 1 is 1.50 bits per heavy atom. The SMILES string of the molecule is CCn1cc(N)cc1C(=O)NC1CC2CCC1C2. The van der Waals surface area contributed by atoms with Crippen LogP contribution < -0.4 is 11.1 Å². The predicted octanol–water partition coefficient (Wildman–Crippen LogP) is 2.01. The largest absolute Gasteiger partial charge is 0.397 e. The monoisotopic (exact) mass is 247 g/mol. The molecular formula is C14H21N3O. The standard InChI is InChI=1S/C14H21N3O/c1-2-17-8-11(15)7-13(17)14(18)16-12-6-9-3-4-10(12)5-9/h7-10,12H,2-6,15H2,1H3,(H,16,18). The van der Waals surface area contributed by atoms with Gasteiger partial charge in [-0.25, -0.2) is 0 Å². The molecule has 0 radical (unpaired) electrons. The molecule has 4 heteroatoms. The van der Waals surface area contributed by atoms with Crippen molar-refractivity contribution in [3.05, 3.63) is 18.0 Å². The zero-order valence-electron chi connectivity index (χ0n) is 10.9. The molecule has 0 aliphatic heterocycles. The second-order valence-corrected chi connectivity index (χ2v) is 5.70. The maximum Gasteiger partial charge on any atom is 0.268 e. The highest BCUT2D eigenvalue weighted by Gasteiger charge is 2.40. The lowest BCUT2D eigenvalue weighted by molar-refractivity contribution is 0.0913. The van der Waals surface area contributed by atoms with Crippen LogP contribution in [-0.2, 0) is 6.54 Å². The number of anilines is 1. The fourth-order valence-electron chi connectivity index (χ4n) is 3.65. The number of carbonyl (C=O) groups is 1. The Kier molecular flexibility index (Phi) is 2.80. The van der Waals surface area contributed by atoms with Gasteiger partial charge in [0.25, 0.3) is 5.91 Å². The van der Waals surface area contributed by atoms with Crippen LogP contribution in [0.2, 0.25) is 0 Å². The topological polar surface area (TPSA) is 60.0 Å². The first-order valence-electron chi connectivity index (χ1n) is 6.94. The van der Waals surface area contributed by atoms with Crippen molar-refractivity contribution in [2.24, 2.45) is 11.8 Å². The van der Waals surface area contributed by atoms with Crippen LogP contribution in [0.25, 0.3) is 0 Å². The number of hydrogen-bond acceptors (Lipinski definition) is 2. The maximum atomic E-state index is 12.3. The Morgan fingerprint density at radius 3 is 2.94 bits per heavy atom. The third-order valence-corrected chi connectivity index (χ3v) is 4.55. The normalized spacial score (nSPS) is 29.7. The van der Waals surface area contributed by atoms with Crippen LogP contribution >= 0.6 is 0 Å². The van der Waals surface area contributed by atoms with Gasteiger partial charge in [-0.05, 0) is 44.1 Å². The number of fused-ring (bicyclic) bond motifs is 2. The van der Waals surface area contributed by atoms with Crippen molar-refractivity contribution in [3.8, 4) is 0 Å². The van der Waals surface area contributed by atoms with E-state index in [1.54, 1.807) is 6.07 Å². The van der Waals surface area contributed by atoms with Gasteiger partial charge in [0.1, 0.15) is 5.69 Å². The Balaban J connectivity index is 1.71. The van der Waals surface area contributed by atoms with Gasteiger partial charge in [-0.2, -0.15) is 0 Å². The number of nitrogens with one attached hydrogen (secondary N) is 1. The Morgan fingerprint density at radius 2 is 2.33 bits per heavy atom. The summed E-state index contributed by atoms with van der Waals surface area (Å²) in [6.45, 7) is 2.80. The molecule has 2 aliphatic rings. The highest BCUT2D eigenvalue weighted by atomic mass is 16.2. The molecule has 3 rings (SSSR count). The van der Waals surface area contributed by atoms with E-state index in [4.69, 9.17) is 5.73 Å². The third kappa shape index (κ3) is 1.89. The highest BCUT2D eigenvalue weighted by Crippen LogP contribution is 2.44. The van der Waals surface area contributed by atoms with Crippen molar-refractivity contribution in [1.29, 1.82) is 0 Å². The first kappa shape index (κ1) is 11.6. The van der Waals surface area contributed by atoms with Gasteiger partial charge in [-0.1, -0.05) is 6.42 Å². The number of amides is 1. The van der Waals surface area contributed by atoms with E-state index in [2.05, 4.69) is 5.32 Å². The minimum absolute atomic E-state index is 0.0334. The van der Waals surface area contributed by atoms with Crippen LogP contribution in [0.4, 0.5) is 5.69 Å². The van der Waals surface area contributed by atoms with Crippen molar-refractivity contribution < 1.29 is 4.79 Å². The summed E-state index contributed by atoms with van der Waals surface area (Å²) in [5.74, 6) is 1.59. The zero-order chi connectivity index (χ0) is 12.7. The van der Waals surface area contributed by atoms with Crippen LogP contribution in [0.5, 0.6) is 0 Å². The van der Waals surface area contributed by atoms with E-state index in [1.165, 1.54) is 25.7 Å². The smallest absolute Gasteiger partial charge is 0.268 e. The number of nitrogens with zero attached hydrogens (tertiary/aromatic N) is 1. The van der Waals surface area contributed by atoms with Crippen molar-refractivity contribution in [3.63, 3.8) is 0 Å². The van der Waals surface area contributed by atoms with Crippen LogP contribution in [0.1, 0.15) is 43.1 Å². The van der Waals surface area contributed by atoms with E-state index in [0.29, 0.717) is 23.3 Å². The van der Waals surface area contributed by atoms with E-state index in [-0.39, 0.29) is 5.91 Å². The number of nitrogens with two attached hydrogens (primary N) is 1. The molecule has 1 aromatic rings. The quantitative estimate of drug-likeness (QED) is 0.858. The van der Waals surface area contributed by atoms with Gasteiger partial charge in [0.2, 0.25) is 0 Å². The first-order chi connectivity index (χ1) is 8.67. The summed E-state index contributed by atoms with van der Waals surface area (Å²) in [7, 11) is 0. The lowest BCUT2D eigenvalue weighted by atomic mass is 9.95. The molecule has 2 saturated carbocycles. The third-order valence-electron chi connectivity index (χ3n) is 4.55. The summed E-state index contributed by atoms with van der Waals surface area (Å²) < 4.78 is 1.91. The Labute approximate surface area is 108 Å². The molecule has 3 atom stereocenters. The minimum atomic E-state index is 0.0334. The number of aryl methyl sites for hydroxylation is 1. The van der Waals surface area contributed by atoms with Gasteiger partial charge in [-0.15, -0.1) is 0 Å². The van der Waals surface area contributed by atoms with Gasteiger partial charge in [0.15, 0.2) is 0 Å². The van der Waals surface area contributed by atoms with E-state index in [0.717, 1.165) is 12.5 Å². The molecule has 1 heterocycles. The molecule has 3 N–H and O–H groups in total. The second kappa shape index (κ2) is 4.34. The summed E-state index contributed by atoms with van der Waals surface area (Å²) in [5.41, 5.74) is 7.12. The van der Waals surface area contributed by atoms with Gasteiger partial charge in [-0.3, -0.25) is 4.79 Å². The van der Waals surface area contributed by atoms with Crippen LogP contribution in [0, 0.1) is 11.8 Å². The molecular weight excluding hydrogens is 226 g/mol. The predicted molar refractivity (Wildman–Crippen MR) is 71.2 cm³/mol. The number of carbonyl (C=O) groups excluding carboxylic acids is 1. The van der Waals surface area contributed by atoms with E-state index < -0.39 is 0 Å². The van der Waals surface area contributed by atoms with Crippen molar-refractivity contribution >= 4 is 11.6 Å². The average molecular weight is 247 g/mol. The molecule has 2 bridgehead atoms. The van der Waals surface area contributed by atoms with Crippen molar-refractivity contribution in [2.45, 2.75) is 45.2 Å². The zero-order valence-corrected chi connectivity index (χ0v) is 10.9. The second-order valence-electron chi connectivity index (χ2n) is 5.70.